The first-order valence-electron chi connectivity index (χ1n) is 4.15. The molecule has 0 radical (unpaired) electrons. The van der Waals surface area contributed by atoms with Gasteiger partial charge in [0, 0.05) is 11.8 Å². The third kappa shape index (κ3) is 1.72. The minimum atomic E-state index is -0.0220. The Labute approximate surface area is 71.9 Å². The van der Waals surface area contributed by atoms with E-state index in [1.165, 1.54) is 6.33 Å². The molecule has 0 aliphatic heterocycles. The molecule has 0 fully saturated rings. The van der Waals surface area contributed by atoms with Crippen LogP contribution in [0.3, 0.4) is 0 Å². The van der Waals surface area contributed by atoms with Crippen LogP contribution in [0.25, 0.3) is 0 Å². The number of aromatic amines is 1. The fourth-order valence-electron chi connectivity index (χ4n) is 1.04. The summed E-state index contributed by atoms with van der Waals surface area (Å²) >= 11 is 0. The van der Waals surface area contributed by atoms with Crippen molar-refractivity contribution in [3.8, 4) is 0 Å². The molecule has 0 bridgehead atoms. The lowest BCUT2D eigenvalue weighted by Gasteiger charge is -2.13. The van der Waals surface area contributed by atoms with Crippen LogP contribution in [0.4, 0.5) is 0 Å². The van der Waals surface area contributed by atoms with Crippen LogP contribution < -0.4 is 5.56 Å². The van der Waals surface area contributed by atoms with Gasteiger partial charge in [-0.3, -0.25) is 4.79 Å². The minimum absolute atomic E-state index is 0.0220. The smallest absolute Gasteiger partial charge is 0.254 e. The summed E-state index contributed by atoms with van der Waals surface area (Å²) in [7, 11) is 0. The zero-order valence-electron chi connectivity index (χ0n) is 7.66. The normalized spacial score (nSPS) is 13.3. The maximum absolute atomic E-state index is 11.3. The van der Waals surface area contributed by atoms with E-state index in [-0.39, 0.29) is 11.5 Å². The number of nitrogens with zero attached hydrogens (tertiary/aromatic N) is 1. The molecular weight excluding hydrogens is 152 g/mol. The lowest BCUT2D eigenvalue weighted by molar-refractivity contribution is 0.528. The van der Waals surface area contributed by atoms with Crippen molar-refractivity contribution >= 4 is 0 Å². The number of nitrogens with one attached hydrogen (secondary N) is 1. The van der Waals surface area contributed by atoms with Gasteiger partial charge < -0.3 is 4.98 Å². The van der Waals surface area contributed by atoms with Crippen LogP contribution in [0.5, 0.6) is 0 Å². The Hall–Kier alpha value is -1.12. The van der Waals surface area contributed by atoms with Gasteiger partial charge in [0.15, 0.2) is 0 Å². The molecule has 12 heavy (non-hydrogen) atoms. The molecule has 1 N–H and O–H groups in total. The molecule has 1 heterocycles. The summed E-state index contributed by atoms with van der Waals surface area (Å²) in [5.74, 6) is 0.734. The van der Waals surface area contributed by atoms with Crippen LogP contribution in [0.2, 0.25) is 0 Å². The monoisotopic (exact) mass is 166 g/mol. The van der Waals surface area contributed by atoms with E-state index in [0.717, 1.165) is 5.56 Å². The van der Waals surface area contributed by atoms with Crippen LogP contribution in [0.15, 0.2) is 17.3 Å². The van der Waals surface area contributed by atoms with E-state index < -0.39 is 0 Å². The molecular formula is C9H14N2O. The molecule has 66 valence electrons. The molecule has 1 unspecified atom stereocenters. The molecule has 3 heteroatoms. The van der Waals surface area contributed by atoms with Gasteiger partial charge >= 0.3 is 0 Å². The zero-order chi connectivity index (χ0) is 9.14. The number of aromatic nitrogens is 2. The van der Waals surface area contributed by atoms with Crippen LogP contribution >= 0.6 is 0 Å². The summed E-state index contributed by atoms with van der Waals surface area (Å²) in [6, 6.07) is 0. The van der Waals surface area contributed by atoms with E-state index in [9.17, 15) is 4.79 Å². The summed E-state index contributed by atoms with van der Waals surface area (Å²) in [4.78, 5) is 17.7. The van der Waals surface area contributed by atoms with Crippen molar-refractivity contribution < 1.29 is 0 Å². The topological polar surface area (TPSA) is 45.8 Å². The second-order valence-corrected chi connectivity index (χ2v) is 3.37. The Kier molecular flexibility index (Phi) is 2.63. The van der Waals surface area contributed by atoms with Crippen molar-refractivity contribution in [2.45, 2.75) is 26.7 Å². The van der Waals surface area contributed by atoms with Gasteiger partial charge in [-0.05, 0) is 11.8 Å². The molecule has 1 aromatic rings. The minimum Gasteiger partial charge on any atom is -0.313 e. The fraction of sp³-hybridized carbons (Fsp3) is 0.556. The Balaban J connectivity index is 3.03. The highest BCUT2D eigenvalue weighted by atomic mass is 16.1. The summed E-state index contributed by atoms with van der Waals surface area (Å²) in [6.45, 7) is 6.23. The number of hydrogen-bond donors (Lipinski definition) is 1. The number of H-pyrrole nitrogens is 1. The molecule has 0 saturated heterocycles. The summed E-state index contributed by atoms with van der Waals surface area (Å²) in [5, 5.41) is 0. The van der Waals surface area contributed by atoms with E-state index >= 15 is 0 Å². The van der Waals surface area contributed by atoms with Crippen molar-refractivity contribution in [2.24, 2.45) is 5.92 Å². The van der Waals surface area contributed by atoms with Gasteiger partial charge in [0.2, 0.25) is 0 Å². The van der Waals surface area contributed by atoms with Crippen molar-refractivity contribution in [1.29, 1.82) is 0 Å². The molecule has 0 aliphatic carbocycles. The van der Waals surface area contributed by atoms with Gasteiger partial charge in [-0.2, -0.15) is 0 Å². The Morgan fingerprint density at radius 3 is 2.58 bits per heavy atom. The highest BCUT2D eigenvalue weighted by molar-refractivity contribution is 5.09. The number of hydrogen-bond acceptors (Lipinski definition) is 2. The number of rotatable bonds is 2. The second kappa shape index (κ2) is 3.52. The van der Waals surface area contributed by atoms with E-state index in [1.54, 1.807) is 6.20 Å². The molecule has 0 aromatic carbocycles. The first-order valence-corrected chi connectivity index (χ1v) is 4.15. The third-order valence-corrected chi connectivity index (χ3v) is 2.24. The fourth-order valence-corrected chi connectivity index (χ4v) is 1.04. The molecule has 0 spiro atoms. The molecule has 0 aliphatic rings. The molecule has 1 aromatic heterocycles. The van der Waals surface area contributed by atoms with E-state index in [2.05, 4.69) is 23.8 Å². The summed E-state index contributed by atoms with van der Waals surface area (Å²) in [6.07, 6.45) is 3.06. The van der Waals surface area contributed by atoms with Gasteiger partial charge in [0.1, 0.15) is 0 Å². The molecule has 0 amide bonds. The van der Waals surface area contributed by atoms with Crippen molar-refractivity contribution in [3.05, 3.63) is 28.4 Å². The molecule has 1 rings (SSSR count). The lowest BCUT2D eigenvalue weighted by atomic mass is 9.92. The van der Waals surface area contributed by atoms with Crippen LogP contribution in [-0.4, -0.2) is 9.97 Å². The van der Waals surface area contributed by atoms with E-state index in [0.29, 0.717) is 5.92 Å². The predicted octanol–water partition coefficient (Wildman–Crippen LogP) is 1.53. The maximum Gasteiger partial charge on any atom is 0.254 e. The van der Waals surface area contributed by atoms with Crippen LogP contribution in [-0.2, 0) is 0 Å². The largest absolute Gasteiger partial charge is 0.313 e. The SMILES string of the molecule is CC(C)C(C)c1cnc[nH]c1=O. The van der Waals surface area contributed by atoms with Gasteiger partial charge in [0.25, 0.3) is 5.56 Å². The second-order valence-electron chi connectivity index (χ2n) is 3.37. The first-order chi connectivity index (χ1) is 5.63. The van der Waals surface area contributed by atoms with Crippen molar-refractivity contribution in [3.63, 3.8) is 0 Å². The average molecular weight is 166 g/mol. The average Bonchev–Trinajstić information content (AvgIpc) is 2.04. The van der Waals surface area contributed by atoms with Gasteiger partial charge in [-0.25, -0.2) is 4.98 Å². The van der Waals surface area contributed by atoms with Crippen LogP contribution in [0.1, 0.15) is 32.3 Å². The first kappa shape index (κ1) is 8.97. The van der Waals surface area contributed by atoms with Crippen molar-refractivity contribution in [1.82, 2.24) is 9.97 Å². The van der Waals surface area contributed by atoms with Crippen molar-refractivity contribution in [2.75, 3.05) is 0 Å². The van der Waals surface area contributed by atoms with Gasteiger partial charge in [0.05, 0.1) is 6.33 Å². The highest BCUT2D eigenvalue weighted by Gasteiger charge is 2.12. The van der Waals surface area contributed by atoms with Gasteiger partial charge in [-0.15, -0.1) is 0 Å². The van der Waals surface area contributed by atoms with Crippen LogP contribution in [0, 0.1) is 5.92 Å². The predicted molar refractivity (Wildman–Crippen MR) is 48.1 cm³/mol. The zero-order valence-corrected chi connectivity index (χ0v) is 7.66. The summed E-state index contributed by atoms with van der Waals surface area (Å²) in [5.41, 5.74) is 0.749. The Morgan fingerprint density at radius 2 is 2.08 bits per heavy atom. The molecule has 1 atom stereocenters. The lowest BCUT2D eigenvalue weighted by Crippen LogP contribution is -2.17. The quantitative estimate of drug-likeness (QED) is 0.724. The maximum atomic E-state index is 11.3. The third-order valence-electron chi connectivity index (χ3n) is 2.24. The highest BCUT2D eigenvalue weighted by Crippen LogP contribution is 2.18. The Bertz CT molecular complexity index is 303. The Morgan fingerprint density at radius 1 is 1.42 bits per heavy atom. The molecule has 0 saturated carbocycles. The van der Waals surface area contributed by atoms with Gasteiger partial charge in [-0.1, -0.05) is 20.8 Å². The molecule has 3 nitrogen and oxygen atoms in total. The van der Waals surface area contributed by atoms with E-state index in [4.69, 9.17) is 0 Å². The summed E-state index contributed by atoms with van der Waals surface area (Å²) < 4.78 is 0. The van der Waals surface area contributed by atoms with E-state index in [1.807, 2.05) is 6.92 Å². The standard InChI is InChI=1S/C9H14N2O/c1-6(2)7(3)8-4-10-5-11-9(8)12/h4-7H,1-3H3,(H,10,11,12).